The lowest BCUT2D eigenvalue weighted by molar-refractivity contribution is 0.0951. The SMILES string of the molecule is COc1cccc(CNC(=O)c2cc(S)ccc2Cl)c1. The molecular weight excluding hydrogens is 294 g/mol. The molecule has 1 amide bonds. The van der Waals surface area contributed by atoms with E-state index in [9.17, 15) is 4.79 Å². The van der Waals surface area contributed by atoms with Crippen LogP contribution in [0.5, 0.6) is 5.75 Å². The highest BCUT2D eigenvalue weighted by Crippen LogP contribution is 2.20. The lowest BCUT2D eigenvalue weighted by Gasteiger charge is -2.08. The van der Waals surface area contributed by atoms with Crippen LogP contribution in [0.4, 0.5) is 0 Å². The number of ether oxygens (including phenoxy) is 1. The van der Waals surface area contributed by atoms with Gasteiger partial charge in [0.2, 0.25) is 0 Å². The number of hydrogen-bond acceptors (Lipinski definition) is 3. The third-order valence-corrected chi connectivity index (χ3v) is 3.39. The minimum Gasteiger partial charge on any atom is -0.497 e. The molecule has 0 fully saturated rings. The monoisotopic (exact) mass is 307 g/mol. The number of nitrogens with one attached hydrogen (secondary N) is 1. The predicted molar refractivity (Wildman–Crippen MR) is 82.9 cm³/mol. The molecule has 0 aromatic heterocycles. The van der Waals surface area contributed by atoms with Crippen molar-refractivity contribution in [3.8, 4) is 5.75 Å². The summed E-state index contributed by atoms with van der Waals surface area (Å²) in [6.45, 7) is 0.406. The number of carbonyl (C=O) groups excluding carboxylic acids is 1. The molecule has 5 heteroatoms. The Labute approximate surface area is 128 Å². The van der Waals surface area contributed by atoms with E-state index < -0.39 is 0 Å². The summed E-state index contributed by atoms with van der Waals surface area (Å²) in [5.74, 6) is 0.529. The molecule has 0 atom stereocenters. The Bertz CT molecular complexity index is 631. The van der Waals surface area contributed by atoms with Crippen LogP contribution in [0.2, 0.25) is 5.02 Å². The van der Waals surface area contributed by atoms with Gasteiger partial charge in [-0.2, -0.15) is 0 Å². The Kier molecular flexibility index (Phi) is 4.93. The van der Waals surface area contributed by atoms with E-state index in [0.717, 1.165) is 11.3 Å². The summed E-state index contributed by atoms with van der Waals surface area (Å²) in [6.07, 6.45) is 0. The summed E-state index contributed by atoms with van der Waals surface area (Å²) in [5, 5.41) is 3.23. The first-order chi connectivity index (χ1) is 9.60. The van der Waals surface area contributed by atoms with Gasteiger partial charge in [0, 0.05) is 11.4 Å². The lowest BCUT2D eigenvalue weighted by Crippen LogP contribution is -2.23. The second-order valence-electron chi connectivity index (χ2n) is 4.20. The largest absolute Gasteiger partial charge is 0.497 e. The van der Waals surface area contributed by atoms with E-state index in [1.807, 2.05) is 24.3 Å². The molecule has 0 unspecified atom stereocenters. The topological polar surface area (TPSA) is 38.3 Å². The minimum absolute atomic E-state index is 0.228. The quantitative estimate of drug-likeness (QED) is 0.848. The molecule has 0 aliphatic heterocycles. The van der Waals surface area contributed by atoms with Crippen molar-refractivity contribution in [2.24, 2.45) is 0 Å². The van der Waals surface area contributed by atoms with Gasteiger partial charge >= 0.3 is 0 Å². The van der Waals surface area contributed by atoms with Gasteiger partial charge < -0.3 is 10.1 Å². The van der Waals surface area contributed by atoms with Crippen molar-refractivity contribution >= 4 is 30.1 Å². The van der Waals surface area contributed by atoms with E-state index in [0.29, 0.717) is 22.0 Å². The third kappa shape index (κ3) is 3.68. The highest BCUT2D eigenvalue weighted by atomic mass is 35.5. The second-order valence-corrected chi connectivity index (χ2v) is 5.12. The highest BCUT2D eigenvalue weighted by molar-refractivity contribution is 7.80. The maximum absolute atomic E-state index is 12.1. The molecule has 104 valence electrons. The number of hydrogen-bond donors (Lipinski definition) is 2. The van der Waals surface area contributed by atoms with Gasteiger partial charge in [-0.25, -0.2) is 0 Å². The molecule has 0 radical (unpaired) electrons. The summed E-state index contributed by atoms with van der Waals surface area (Å²) >= 11 is 10.2. The molecule has 2 rings (SSSR count). The van der Waals surface area contributed by atoms with Gasteiger partial charge in [0.1, 0.15) is 5.75 Å². The van der Waals surface area contributed by atoms with E-state index >= 15 is 0 Å². The number of amides is 1. The molecule has 0 heterocycles. The number of methoxy groups -OCH3 is 1. The van der Waals surface area contributed by atoms with Crippen LogP contribution in [0.1, 0.15) is 15.9 Å². The van der Waals surface area contributed by atoms with Crippen molar-refractivity contribution in [1.29, 1.82) is 0 Å². The molecular formula is C15H14ClNO2S. The molecule has 3 nitrogen and oxygen atoms in total. The van der Waals surface area contributed by atoms with E-state index in [2.05, 4.69) is 17.9 Å². The normalized spacial score (nSPS) is 10.2. The molecule has 2 aromatic rings. The smallest absolute Gasteiger partial charge is 0.253 e. The van der Waals surface area contributed by atoms with Crippen LogP contribution >= 0.6 is 24.2 Å². The van der Waals surface area contributed by atoms with Crippen LogP contribution in [0.3, 0.4) is 0 Å². The zero-order valence-electron chi connectivity index (χ0n) is 10.9. The molecule has 0 saturated carbocycles. The molecule has 0 aliphatic rings. The van der Waals surface area contributed by atoms with Crippen LogP contribution in [0.25, 0.3) is 0 Å². The third-order valence-electron chi connectivity index (χ3n) is 2.78. The first kappa shape index (κ1) is 14.8. The molecule has 20 heavy (non-hydrogen) atoms. The van der Waals surface area contributed by atoms with Crippen LogP contribution in [-0.4, -0.2) is 13.0 Å². The van der Waals surface area contributed by atoms with E-state index in [1.165, 1.54) is 0 Å². The molecule has 0 saturated heterocycles. The fraction of sp³-hybridized carbons (Fsp3) is 0.133. The molecule has 1 N–H and O–H groups in total. The van der Waals surface area contributed by atoms with E-state index in [4.69, 9.17) is 16.3 Å². The standard InChI is InChI=1S/C15H14ClNO2S/c1-19-11-4-2-3-10(7-11)9-17-15(18)13-8-12(20)5-6-14(13)16/h2-8,20H,9H2,1H3,(H,17,18). The summed E-state index contributed by atoms with van der Waals surface area (Å²) in [7, 11) is 1.61. The highest BCUT2D eigenvalue weighted by Gasteiger charge is 2.10. The fourth-order valence-corrected chi connectivity index (χ4v) is 2.15. The summed E-state index contributed by atoms with van der Waals surface area (Å²) in [5.41, 5.74) is 1.37. The van der Waals surface area contributed by atoms with Gasteiger partial charge in [-0.1, -0.05) is 23.7 Å². The lowest BCUT2D eigenvalue weighted by atomic mass is 10.2. The Morgan fingerprint density at radius 1 is 1.30 bits per heavy atom. The van der Waals surface area contributed by atoms with E-state index in [1.54, 1.807) is 25.3 Å². The average Bonchev–Trinajstić information content (AvgIpc) is 2.47. The van der Waals surface area contributed by atoms with Gasteiger partial charge in [-0.05, 0) is 35.9 Å². The number of carbonyl (C=O) groups is 1. The number of rotatable bonds is 4. The van der Waals surface area contributed by atoms with Crippen molar-refractivity contribution in [2.45, 2.75) is 11.4 Å². The fourth-order valence-electron chi connectivity index (χ4n) is 1.75. The Morgan fingerprint density at radius 2 is 2.10 bits per heavy atom. The van der Waals surface area contributed by atoms with Crippen molar-refractivity contribution in [2.75, 3.05) is 7.11 Å². The van der Waals surface area contributed by atoms with Gasteiger partial charge in [0.15, 0.2) is 0 Å². The van der Waals surface area contributed by atoms with Gasteiger partial charge in [-0.3, -0.25) is 4.79 Å². The van der Waals surface area contributed by atoms with Gasteiger partial charge in [-0.15, -0.1) is 12.6 Å². The number of thiol groups is 1. The van der Waals surface area contributed by atoms with Crippen LogP contribution in [-0.2, 0) is 6.54 Å². The number of halogens is 1. The zero-order chi connectivity index (χ0) is 14.5. The minimum atomic E-state index is -0.228. The Balaban J connectivity index is 2.06. The first-order valence-corrected chi connectivity index (χ1v) is 6.82. The van der Waals surface area contributed by atoms with Crippen molar-refractivity contribution in [3.63, 3.8) is 0 Å². The molecule has 0 spiro atoms. The molecule has 0 bridgehead atoms. The van der Waals surface area contributed by atoms with Crippen LogP contribution in [0, 0.1) is 0 Å². The number of benzene rings is 2. The van der Waals surface area contributed by atoms with Crippen molar-refractivity contribution in [1.82, 2.24) is 5.32 Å². The van der Waals surface area contributed by atoms with Gasteiger partial charge in [0.05, 0.1) is 17.7 Å². The first-order valence-electron chi connectivity index (χ1n) is 6.00. The summed E-state index contributed by atoms with van der Waals surface area (Å²) < 4.78 is 5.14. The van der Waals surface area contributed by atoms with Crippen molar-refractivity contribution in [3.05, 3.63) is 58.6 Å². The van der Waals surface area contributed by atoms with Crippen LogP contribution in [0.15, 0.2) is 47.4 Å². The molecule has 0 aliphatic carbocycles. The predicted octanol–water partition coefficient (Wildman–Crippen LogP) is 3.57. The molecule has 2 aromatic carbocycles. The Hall–Kier alpha value is -1.65. The zero-order valence-corrected chi connectivity index (χ0v) is 12.5. The average molecular weight is 308 g/mol. The summed E-state index contributed by atoms with van der Waals surface area (Å²) in [6, 6.07) is 12.6. The van der Waals surface area contributed by atoms with E-state index in [-0.39, 0.29) is 5.91 Å². The van der Waals surface area contributed by atoms with Gasteiger partial charge in [0.25, 0.3) is 5.91 Å². The maximum Gasteiger partial charge on any atom is 0.253 e. The van der Waals surface area contributed by atoms with Crippen molar-refractivity contribution < 1.29 is 9.53 Å². The second kappa shape index (κ2) is 6.68. The van der Waals surface area contributed by atoms with Crippen LogP contribution < -0.4 is 10.1 Å². The Morgan fingerprint density at radius 3 is 2.85 bits per heavy atom. The maximum atomic E-state index is 12.1. The summed E-state index contributed by atoms with van der Waals surface area (Å²) in [4.78, 5) is 12.8.